The Morgan fingerprint density at radius 1 is 0.414 bits per heavy atom. The van der Waals surface area contributed by atoms with Crippen LogP contribution >= 0.6 is 0 Å². The van der Waals surface area contributed by atoms with E-state index in [0.717, 1.165) is 66.5 Å². The first kappa shape index (κ1) is 54.2. The summed E-state index contributed by atoms with van der Waals surface area (Å²) in [5, 5.41) is 6.88. The summed E-state index contributed by atoms with van der Waals surface area (Å²) in [6, 6.07) is 22.0. The predicted molar refractivity (Wildman–Crippen MR) is 273 cm³/mol. The lowest BCUT2D eigenvalue weighted by atomic mass is 9.93. The van der Waals surface area contributed by atoms with Crippen LogP contribution in [0.2, 0.25) is 0 Å². The van der Waals surface area contributed by atoms with Crippen LogP contribution in [0.25, 0.3) is 32.3 Å². The van der Waals surface area contributed by atoms with E-state index >= 15 is 0 Å². The van der Waals surface area contributed by atoms with E-state index in [0.29, 0.717) is 0 Å². The third kappa shape index (κ3) is 14.3. The Morgan fingerprint density at radius 3 is 1.14 bits per heavy atom. The first-order chi connectivity index (χ1) is 28.5. The highest BCUT2D eigenvalue weighted by atomic mass is 15.2. The van der Waals surface area contributed by atoms with Crippen molar-refractivity contribution in [1.82, 2.24) is 0 Å². The summed E-state index contributed by atoms with van der Waals surface area (Å²) in [4.78, 5) is 4.56. The maximum absolute atomic E-state index is 4.22. The Labute approximate surface area is 356 Å². The third-order valence-corrected chi connectivity index (χ3v) is 7.97. The van der Waals surface area contributed by atoms with Gasteiger partial charge in [-0.25, -0.2) is 0 Å². The highest BCUT2D eigenvalue weighted by Crippen LogP contribution is 2.44. The molecule has 58 heavy (non-hydrogen) atoms. The van der Waals surface area contributed by atoms with E-state index in [2.05, 4.69) is 146 Å². The fourth-order valence-electron chi connectivity index (χ4n) is 6.02. The summed E-state index contributed by atoms with van der Waals surface area (Å²) in [6.45, 7) is 44.4. The summed E-state index contributed by atoms with van der Waals surface area (Å²) >= 11 is 0. The molecule has 4 aromatic rings. The zero-order valence-electron chi connectivity index (χ0n) is 38.7. The molecule has 4 aromatic carbocycles. The van der Waals surface area contributed by atoms with Crippen molar-refractivity contribution in [2.75, 3.05) is 9.80 Å². The van der Waals surface area contributed by atoms with Crippen LogP contribution in [0, 0.1) is 0 Å². The molecule has 0 aromatic heterocycles. The largest absolute Gasteiger partial charge is 0.310 e. The maximum Gasteiger partial charge on any atom is 0.0546 e. The van der Waals surface area contributed by atoms with Gasteiger partial charge >= 0.3 is 0 Å². The predicted octanol–water partition coefficient (Wildman–Crippen LogP) is 18.5. The molecule has 0 heterocycles. The smallest absolute Gasteiger partial charge is 0.0546 e. The minimum Gasteiger partial charge on any atom is -0.310 e. The first-order valence-electron chi connectivity index (χ1n) is 21.3. The normalized spacial score (nSPS) is 11.7. The summed E-state index contributed by atoms with van der Waals surface area (Å²) < 4.78 is 0. The molecule has 310 valence electrons. The van der Waals surface area contributed by atoms with Gasteiger partial charge in [-0.15, -0.1) is 0 Å². The molecule has 0 aliphatic heterocycles. The van der Waals surface area contributed by atoms with Crippen LogP contribution in [0.15, 0.2) is 207 Å². The van der Waals surface area contributed by atoms with Crippen molar-refractivity contribution in [1.29, 1.82) is 0 Å². The lowest BCUT2D eigenvalue weighted by Crippen LogP contribution is -2.21. The molecule has 0 bridgehead atoms. The van der Waals surface area contributed by atoms with Gasteiger partial charge in [0.15, 0.2) is 0 Å². The van der Waals surface area contributed by atoms with Crippen molar-refractivity contribution in [3.63, 3.8) is 0 Å². The molecular weight excluding hydrogens is 701 g/mol. The SMILES string of the molecule is C=C/C=C\C(=C/C)N(C(/C=C\C)=C/C=C)c1cc2c3ccccc3c(N(/C(C=C)=C/C=C\C)C(/C=C\C)=C/C=C)cc2c2ccccc12.CC.CC.CC.CC.CC. The Balaban J connectivity index is 0. The number of allylic oxidation sites excluding steroid dienone is 16. The first-order valence-corrected chi connectivity index (χ1v) is 21.3. The Kier molecular flexibility index (Phi) is 31.1. The molecule has 0 radical (unpaired) electrons. The molecule has 0 saturated heterocycles. The van der Waals surface area contributed by atoms with E-state index in [1.54, 1.807) is 6.08 Å². The van der Waals surface area contributed by atoms with E-state index < -0.39 is 0 Å². The van der Waals surface area contributed by atoms with Crippen molar-refractivity contribution < 1.29 is 0 Å². The van der Waals surface area contributed by atoms with E-state index in [1.165, 1.54) is 0 Å². The molecular formula is C56H76N2. The molecule has 0 N–H and O–H groups in total. The van der Waals surface area contributed by atoms with E-state index in [1.807, 2.05) is 139 Å². The topological polar surface area (TPSA) is 6.48 Å². The molecule has 0 amide bonds. The van der Waals surface area contributed by atoms with Gasteiger partial charge in [-0.3, -0.25) is 0 Å². The number of nitrogens with zero attached hydrogens (tertiary/aromatic N) is 2. The Morgan fingerprint density at radius 2 is 0.810 bits per heavy atom. The molecule has 0 unspecified atom stereocenters. The lowest BCUT2D eigenvalue weighted by molar-refractivity contribution is 1.14. The van der Waals surface area contributed by atoms with Crippen molar-refractivity contribution in [3.8, 4) is 0 Å². The fourth-order valence-corrected chi connectivity index (χ4v) is 6.02. The zero-order chi connectivity index (χ0) is 44.5. The van der Waals surface area contributed by atoms with Crippen molar-refractivity contribution in [3.05, 3.63) is 207 Å². The summed E-state index contributed by atoms with van der Waals surface area (Å²) in [6.07, 6.45) is 32.2. The van der Waals surface area contributed by atoms with Crippen LogP contribution in [0.3, 0.4) is 0 Å². The molecule has 0 atom stereocenters. The standard InChI is InChI=1S/C46H46N2.5C2H6/c1-9-17-27-35(15-7)47(37(23-11-3)24-12-4)45-33-43-40-30-20-22-32-42(40)46(34-44(43)39-29-19-21-31-41(39)45)48(36(16-8)28-18-10-2)38(25-13-5)26-14-6;5*1-2/h9-34H,1,3,5,8H2,2,4,6-7H3;5*1-2H3/b18-10-,24-12-,26-14-,27-17-,35-15+,36-28+,37-23+,38-25+;;;;;. The molecule has 2 heteroatoms. The Hall–Kier alpha value is -5.86. The molecule has 0 aliphatic rings. The number of fused-ring (bicyclic) bond motifs is 5. The zero-order valence-corrected chi connectivity index (χ0v) is 38.7. The summed E-state index contributed by atoms with van der Waals surface area (Å²) in [5.41, 5.74) is 6.08. The second-order valence-corrected chi connectivity index (χ2v) is 10.9. The quantitative estimate of drug-likeness (QED) is 0.0929. The highest BCUT2D eigenvalue weighted by molar-refractivity contribution is 6.24. The van der Waals surface area contributed by atoms with Gasteiger partial charge < -0.3 is 9.80 Å². The van der Waals surface area contributed by atoms with Gasteiger partial charge in [0.2, 0.25) is 0 Å². The van der Waals surface area contributed by atoms with Gasteiger partial charge in [-0.05, 0) is 104 Å². The molecule has 0 aliphatic carbocycles. The van der Waals surface area contributed by atoms with Gasteiger partial charge in [-0.1, -0.05) is 199 Å². The van der Waals surface area contributed by atoms with E-state index in [4.69, 9.17) is 0 Å². The minimum absolute atomic E-state index is 0.952. The molecule has 2 nitrogen and oxygen atoms in total. The van der Waals surface area contributed by atoms with Gasteiger partial charge in [0.25, 0.3) is 0 Å². The molecule has 0 spiro atoms. The van der Waals surface area contributed by atoms with Crippen LogP contribution in [-0.2, 0) is 0 Å². The average molecular weight is 777 g/mol. The monoisotopic (exact) mass is 777 g/mol. The van der Waals surface area contributed by atoms with Crippen LogP contribution in [0.4, 0.5) is 11.4 Å². The number of benzene rings is 4. The van der Waals surface area contributed by atoms with Crippen LogP contribution in [0.1, 0.15) is 96.9 Å². The highest BCUT2D eigenvalue weighted by Gasteiger charge is 2.22. The Bertz CT molecular complexity index is 2090. The minimum atomic E-state index is 0.952. The van der Waals surface area contributed by atoms with E-state index in [9.17, 15) is 0 Å². The van der Waals surface area contributed by atoms with Gasteiger partial charge in [-0.2, -0.15) is 0 Å². The second-order valence-electron chi connectivity index (χ2n) is 10.9. The molecule has 0 fully saturated rings. The number of hydrogen-bond donors (Lipinski definition) is 0. The van der Waals surface area contributed by atoms with Gasteiger partial charge in [0, 0.05) is 33.6 Å². The van der Waals surface area contributed by atoms with E-state index in [-0.39, 0.29) is 0 Å². The third-order valence-electron chi connectivity index (χ3n) is 7.97. The maximum atomic E-state index is 4.22. The van der Waals surface area contributed by atoms with Crippen molar-refractivity contribution in [2.45, 2.75) is 96.9 Å². The van der Waals surface area contributed by atoms with Gasteiger partial charge in [0.05, 0.1) is 11.4 Å². The number of rotatable bonds is 14. The van der Waals surface area contributed by atoms with Crippen LogP contribution in [0.5, 0.6) is 0 Å². The van der Waals surface area contributed by atoms with Crippen LogP contribution in [-0.4, -0.2) is 0 Å². The van der Waals surface area contributed by atoms with Crippen molar-refractivity contribution >= 4 is 43.7 Å². The number of hydrogen-bond acceptors (Lipinski definition) is 2. The summed E-state index contributed by atoms with van der Waals surface area (Å²) in [7, 11) is 0. The fraction of sp³-hybridized carbons (Fsp3) is 0.250. The van der Waals surface area contributed by atoms with Gasteiger partial charge in [0.1, 0.15) is 0 Å². The summed E-state index contributed by atoms with van der Waals surface area (Å²) in [5.74, 6) is 0. The lowest BCUT2D eigenvalue weighted by Gasteiger charge is -2.31. The van der Waals surface area contributed by atoms with Crippen molar-refractivity contribution in [2.24, 2.45) is 0 Å². The number of anilines is 2. The second kappa shape index (κ2) is 33.3. The molecule has 0 saturated carbocycles. The molecule has 4 rings (SSSR count). The average Bonchev–Trinajstić information content (AvgIpc) is 3.29. The van der Waals surface area contributed by atoms with Crippen LogP contribution < -0.4 is 9.80 Å².